The van der Waals surface area contributed by atoms with Crippen molar-refractivity contribution in [1.29, 1.82) is 0 Å². The lowest BCUT2D eigenvalue weighted by Crippen LogP contribution is -2.39. The van der Waals surface area contributed by atoms with Crippen LogP contribution < -0.4 is 15.8 Å². The monoisotopic (exact) mass is 339 g/mol. The molecule has 0 unspecified atom stereocenters. The molecule has 1 nitrogen and oxygen atoms in total. The van der Waals surface area contributed by atoms with Crippen molar-refractivity contribution in [3.63, 3.8) is 0 Å². The fourth-order valence-corrected chi connectivity index (χ4v) is 4.04. The zero-order chi connectivity index (χ0) is 14.8. The highest BCUT2D eigenvalue weighted by atomic mass is 79.9. The maximum atomic E-state index is 3.68. The van der Waals surface area contributed by atoms with Crippen molar-refractivity contribution < 1.29 is 0 Å². The van der Waals surface area contributed by atoms with Gasteiger partial charge in [0.25, 0.3) is 0 Å². The van der Waals surface area contributed by atoms with E-state index in [1.165, 1.54) is 38.4 Å². The molecule has 0 bridgehead atoms. The summed E-state index contributed by atoms with van der Waals surface area (Å²) < 4.78 is 1.14. The minimum Gasteiger partial charge on any atom is -0.379 e. The van der Waals surface area contributed by atoms with Gasteiger partial charge in [-0.25, -0.2) is 0 Å². The molecule has 0 aromatic heterocycles. The molecule has 21 heavy (non-hydrogen) atoms. The summed E-state index contributed by atoms with van der Waals surface area (Å²) in [6.45, 7) is 6.79. The lowest BCUT2D eigenvalue weighted by molar-refractivity contribution is 0.573. The molecule has 0 fully saturated rings. The summed E-state index contributed by atoms with van der Waals surface area (Å²) in [5.74, 6) is 0. The molecule has 2 aromatic carbocycles. The smallest absolute Gasteiger partial charge is 0.0423 e. The molecule has 0 atom stereocenters. The Balaban J connectivity index is 2.01. The first-order valence-corrected chi connectivity index (χ1v) is 8.16. The van der Waals surface area contributed by atoms with E-state index in [0.717, 1.165) is 10.9 Å². The minimum absolute atomic E-state index is 0.139. The number of rotatable bonds is 0. The summed E-state index contributed by atoms with van der Waals surface area (Å²) in [6.07, 6.45) is 3.38. The number of anilines is 1. The molecule has 2 heteroatoms. The van der Waals surface area contributed by atoms with E-state index in [2.05, 4.69) is 78.4 Å². The minimum atomic E-state index is 0.139. The molecule has 1 aliphatic carbocycles. The molecular formula is C19H18BrN. The van der Waals surface area contributed by atoms with E-state index >= 15 is 0 Å². The van der Waals surface area contributed by atoms with Crippen molar-refractivity contribution in [3.05, 3.63) is 50.8 Å². The number of fused-ring (bicyclic) bond motifs is 4. The lowest BCUT2D eigenvalue weighted by atomic mass is 9.89. The van der Waals surface area contributed by atoms with Gasteiger partial charge >= 0.3 is 0 Å². The van der Waals surface area contributed by atoms with Crippen molar-refractivity contribution in [2.24, 2.45) is 0 Å². The van der Waals surface area contributed by atoms with Crippen LogP contribution in [0.1, 0.15) is 32.8 Å². The van der Waals surface area contributed by atoms with Crippen molar-refractivity contribution in [3.8, 4) is 11.1 Å². The maximum absolute atomic E-state index is 3.68. The van der Waals surface area contributed by atoms with E-state index in [1.807, 2.05) is 0 Å². The van der Waals surface area contributed by atoms with Crippen molar-refractivity contribution in [2.45, 2.75) is 32.7 Å². The predicted octanol–water partition coefficient (Wildman–Crippen LogP) is 4.02. The highest BCUT2D eigenvalue weighted by Gasteiger charge is 2.24. The molecule has 0 amide bonds. The largest absolute Gasteiger partial charge is 0.379 e. The lowest BCUT2D eigenvalue weighted by Gasteiger charge is -2.32. The van der Waals surface area contributed by atoms with Crippen LogP contribution in [0.2, 0.25) is 0 Å². The Labute approximate surface area is 133 Å². The van der Waals surface area contributed by atoms with Gasteiger partial charge in [0, 0.05) is 15.7 Å². The fourth-order valence-electron chi connectivity index (χ4n) is 3.66. The first-order chi connectivity index (χ1) is 9.93. The van der Waals surface area contributed by atoms with Crippen LogP contribution in [-0.2, 0) is 0 Å². The Morgan fingerprint density at radius 3 is 2.71 bits per heavy atom. The molecule has 2 aromatic rings. The van der Waals surface area contributed by atoms with Crippen LogP contribution in [0.3, 0.4) is 0 Å². The van der Waals surface area contributed by atoms with Gasteiger partial charge in [-0.3, -0.25) is 0 Å². The number of hydrogen-bond donors (Lipinski definition) is 1. The summed E-state index contributed by atoms with van der Waals surface area (Å²) in [6, 6.07) is 11.2. The van der Waals surface area contributed by atoms with Crippen LogP contribution in [0.4, 0.5) is 5.69 Å². The average molecular weight is 340 g/mol. The Morgan fingerprint density at radius 2 is 1.90 bits per heavy atom. The molecule has 1 heterocycles. The standard InChI is InChI=1S/C19H18BrN/c1-11-10-19(2,3)21-18-8-13-6-12-7-14(20)4-5-15(12)17(13)9-16(11)18/h4-9,21H,10H2,1-3H3. The summed E-state index contributed by atoms with van der Waals surface area (Å²) in [5, 5.41) is 6.38. The SMILES string of the molecule is CC1=c2cc3c(cc2NC(C)(C)C1)=Cc1cc(Br)ccc1-3. The fraction of sp³-hybridized carbons (Fsp3) is 0.263. The Kier molecular flexibility index (Phi) is 2.65. The quantitative estimate of drug-likeness (QED) is 0.652. The van der Waals surface area contributed by atoms with E-state index in [9.17, 15) is 0 Å². The first-order valence-electron chi connectivity index (χ1n) is 7.37. The van der Waals surface area contributed by atoms with Crippen LogP contribution in [0.15, 0.2) is 34.8 Å². The Bertz CT molecular complexity index is 891. The first kappa shape index (κ1) is 13.1. The predicted molar refractivity (Wildman–Crippen MR) is 93.8 cm³/mol. The summed E-state index contributed by atoms with van der Waals surface area (Å²) in [4.78, 5) is 0. The average Bonchev–Trinajstić information content (AvgIpc) is 2.71. The third-order valence-corrected chi connectivity index (χ3v) is 4.94. The van der Waals surface area contributed by atoms with Gasteiger partial charge in [0.05, 0.1) is 0 Å². The van der Waals surface area contributed by atoms with Crippen LogP contribution >= 0.6 is 15.9 Å². The van der Waals surface area contributed by atoms with Crippen LogP contribution in [-0.4, -0.2) is 5.54 Å². The molecule has 0 spiro atoms. The molecule has 0 saturated carbocycles. The Hall–Kier alpha value is -1.54. The zero-order valence-electron chi connectivity index (χ0n) is 12.5. The molecule has 1 N–H and O–H groups in total. The number of nitrogens with one attached hydrogen (secondary N) is 1. The van der Waals surface area contributed by atoms with E-state index in [0.29, 0.717) is 0 Å². The van der Waals surface area contributed by atoms with Crippen molar-refractivity contribution in [1.82, 2.24) is 0 Å². The van der Waals surface area contributed by atoms with Gasteiger partial charge in [0.2, 0.25) is 0 Å². The zero-order valence-corrected chi connectivity index (χ0v) is 14.1. The normalized spacial score (nSPS) is 17.4. The van der Waals surface area contributed by atoms with E-state index in [-0.39, 0.29) is 5.54 Å². The summed E-state index contributed by atoms with van der Waals surface area (Å²) in [7, 11) is 0. The number of halogens is 1. The van der Waals surface area contributed by atoms with Gasteiger partial charge in [0.1, 0.15) is 0 Å². The molecule has 4 rings (SSSR count). The van der Waals surface area contributed by atoms with E-state index < -0.39 is 0 Å². The highest BCUT2D eigenvalue weighted by molar-refractivity contribution is 9.10. The maximum Gasteiger partial charge on any atom is 0.0423 e. The van der Waals surface area contributed by atoms with Gasteiger partial charge in [-0.05, 0) is 84.7 Å². The molecule has 0 saturated heterocycles. The van der Waals surface area contributed by atoms with E-state index in [1.54, 1.807) is 0 Å². The van der Waals surface area contributed by atoms with Gasteiger partial charge < -0.3 is 5.32 Å². The molecule has 106 valence electrons. The van der Waals surface area contributed by atoms with Crippen LogP contribution in [0.25, 0.3) is 22.8 Å². The van der Waals surface area contributed by atoms with Crippen molar-refractivity contribution >= 4 is 33.3 Å². The second-order valence-corrected chi connectivity index (χ2v) is 7.74. The van der Waals surface area contributed by atoms with Crippen LogP contribution in [0.5, 0.6) is 0 Å². The van der Waals surface area contributed by atoms with Gasteiger partial charge in [-0.1, -0.05) is 27.6 Å². The molecule has 1 aliphatic heterocycles. The van der Waals surface area contributed by atoms with E-state index in [4.69, 9.17) is 0 Å². The summed E-state index contributed by atoms with van der Waals surface area (Å²) in [5.41, 5.74) is 6.89. The number of hydrogen-bond acceptors (Lipinski definition) is 1. The molecular weight excluding hydrogens is 322 g/mol. The van der Waals surface area contributed by atoms with Crippen LogP contribution in [0, 0.1) is 0 Å². The van der Waals surface area contributed by atoms with Gasteiger partial charge in [0.15, 0.2) is 0 Å². The second kappa shape index (κ2) is 4.23. The highest BCUT2D eigenvalue weighted by Crippen LogP contribution is 2.31. The Morgan fingerprint density at radius 1 is 1.10 bits per heavy atom. The van der Waals surface area contributed by atoms with Gasteiger partial charge in [-0.15, -0.1) is 0 Å². The van der Waals surface area contributed by atoms with Gasteiger partial charge in [-0.2, -0.15) is 0 Å². The third-order valence-electron chi connectivity index (χ3n) is 4.44. The summed E-state index contributed by atoms with van der Waals surface area (Å²) >= 11 is 3.56. The third kappa shape index (κ3) is 2.04. The molecule has 2 aliphatic rings. The topological polar surface area (TPSA) is 12.0 Å². The molecule has 0 radical (unpaired) electrons. The number of benzene rings is 2. The second-order valence-electron chi connectivity index (χ2n) is 6.83. The van der Waals surface area contributed by atoms with Crippen molar-refractivity contribution in [2.75, 3.05) is 5.32 Å².